The largest absolute Gasteiger partial charge is 0.354 e. The Balaban J connectivity index is 1.77. The van der Waals surface area contributed by atoms with Crippen LogP contribution in [-0.2, 0) is 23.2 Å². The number of fused-ring (bicyclic) bond motifs is 1. The van der Waals surface area contributed by atoms with Crippen molar-refractivity contribution in [1.29, 1.82) is 0 Å². The number of hydroxylamine groups is 2. The molecule has 23 heavy (non-hydrogen) atoms. The number of carbonyl (C=O) groups excluding carboxylic acids is 3. The van der Waals surface area contributed by atoms with E-state index in [9.17, 15) is 19.2 Å². The molecule has 0 saturated heterocycles. The Hall–Kier alpha value is -3.23. The van der Waals surface area contributed by atoms with Gasteiger partial charge in [-0.3, -0.25) is 14.2 Å². The number of amides is 2. The zero-order chi connectivity index (χ0) is 16.7. The molecule has 1 aromatic heterocycles. The highest BCUT2D eigenvalue weighted by Gasteiger charge is 2.38. The van der Waals surface area contributed by atoms with Crippen molar-refractivity contribution >= 4 is 17.8 Å². The fourth-order valence-corrected chi connectivity index (χ4v) is 2.20. The summed E-state index contributed by atoms with van der Waals surface area (Å²) < 4.78 is 2.16. The third kappa shape index (κ3) is 2.31. The molecule has 0 aliphatic carbocycles. The lowest BCUT2D eigenvalue weighted by atomic mass is 10.1. The van der Waals surface area contributed by atoms with Crippen molar-refractivity contribution in [3.63, 3.8) is 0 Å². The maximum absolute atomic E-state index is 12.1. The van der Waals surface area contributed by atoms with E-state index < -0.39 is 30.0 Å². The lowest BCUT2D eigenvalue weighted by Gasteiger charge is -2.12. The molecule has 1 aliphatic rings. The molecule has 0 fully saturated rings. The smallest absolute Gasteiger partial charge is 0.328 e. The number of hydrogen-bond donors (Lipinski definition) is 0. The van der Waals surface area contributed by atoms with E-state index in [1.807, 2.05) is 0 Å². The maximum atomic E-state index is 12.1. The number of benzene rings is 1. The summed E-state index contributed by atoms with van der Waals surface area (Å²) in [6.07, 6.45) is 0. The van der Waals surface area contributed by atoms with Crippen molar-refractivity contribution in [3.8, 4) is 0 Å². The van der Waals surface area contributed by atoms with Gasteiger partial charge in [0.25, 0.3) is 11.8 Å². The fourth-order valence-electron chi connectivity index (χ4n) is 2.20. The van der Waals surface area contributed by atoms with Crippen LogP contribution in [0.1, 0.15) is 26.5 Å². The van der Waals surface area contributed by atoms with E-state index in [1.165, 1.54) is 23.7 Å². The third-order valence-corrected chi connectivity index (χ3v) is 3.49. The Morgan fingerprint density at radius 1 is 1.13 bits per heavy atom. The predicted molar refractivity (Wildman–Crippen MR) is 75.2 cm³/mol. The topological polar surface area (TPSA) is 104 Å². The molecule has 0 saturated carbocycles. The van der Waals surface area contributed by atoms with Gasteiger partial charge in [-0.15, -0.1) is 0 Å². The molecule has 1 aliphatic heterocycles. The van der Waals surface area contributed by atoms with Crippen LogP contribution in [0.25, 0.3) is 0 Å². The van der Waals surface area contributed by atoms with Crippen molar-refractivity contribution in [2.45, 2.75) is 13.5 Å². The molecule has 9 heteroatoms. The first-order valence-corrected chi connectivity index (χ1v) is 6.69. The lowest BCUT2D eigenvalue weighted by Crippen LogP contribution is -2.35. The van der Waals surface area contributed by atoms with Gasteiger partial charge in [0.2, 0.25) is 0 Å². The van der Waals surface area contributed by atoms with E-state index in [4.69, 9.17) is 4.84 Å². The van der Waals surface area contributed by atoms with Gasteiger partial charge in [-0.25, -0.2) is 14.3 Å². The van der Waals surface area contributed by atoms with Crippen molar-refractivity contribution in [3.05, 3.63) is 51.7 Å². The summed E-state index contributed by atoms with van der Waals surface area (Å²) >= 11 is 0. The third-order valence-electron chi connectivity index (χ3n) is 3.49. The van der Waals surface area contributed by atoms with Gasteiger partial charge in [0.05, 0.1) is 11.1 Å². The zero-order valence-corrected chi connectivity index (χ0v) is 12.3. The molecule has 0 unspecified atom stereocenters. The average molecular weight is 316 g/mol. The normalized spacial score (nSPS) is 13.4. The minimum Gasteiger partial charge on any atom is -0.328 e. The summed E-state index contributed by atoms with van der Waals surface area (Å²) in [5.74, 6) is -1.96. The van der Waals surface area contributed by atoms with Gasteiger partial charge in [-0.05, 0) is 19.1 Å². The number of aryl methyl sites for hydroxylation is 1. The van der Waals surface area contributed by atoms with Crippen LogP contribution in [0.3, 0.4) is 0 Å². The first kappa shape index (κ1) is 14.7. The molecule has 0 atom stereocenters. The summed E-state index contributed by atoms with van der Waals surface area (Å²) in [6.45, 7) is 1.10. The highest BCUT2D eigenvalue weighted by Crippen LogP contribution is 2.22. The Morgan fingerprint density at radius 2 is 1.70 bits per heavy atom. The Bertz CT molecular complexity index is 860. The summed E-state index contributed by atoms with van der Waals surface area (Å²) in [7, 11) is 1.51. The summed E-state index contributed by atoms with van der Waals surface area (Å²) in [5, 5.41) is 4.28. The highest BCUT2D eigenvalue weighted by atomic mass is 16.7. The number of carbonyl (C=O) groups is 3. The van der Waals surface area contributed by atoms with Crippen molar-refractivity contribution in [1.82, 2.24) is 19.4 Å². The molecule has 2 amide bonds. The van der Waals surface area contributed by atoms with Gasteiger partial charge in [-0.2, -0.15) is 5.10 Å². The van der Waals surface area contributed by atoms with Crippen LogP contribution in [0.2, 0.25) is 0 Å². The van der Waals surface area contributed by atoms with Crippen LogP contribution in [0.15, 0.2) is 29.1 Å². The number of nitrogens with zero attached hydrogens (tertiary/aromatic N) is 4. The molecule has 0 N–H and O–H groups in total. The molecule has 0 radical (unpaired) electrons. The summed E-state index contributed by atoms with van der Waals surface area (Å²) in [4.78, 5) is 52.6. The molecule has 9 nitrogen and oxygen atoms in total. The van der Waals surface area contributed by atoms with Gasteiger partial charge in [0.1, 0.15) is 12.4 Å². The second-order valence-electron chi connectivity index (χ2n) is 4.96. The van der Waals surface area contributed by atoms with Crippen molar-refractivity contribution in [2.24, 2.45) is 7.05 Å². The quantitative estimate of drug-likeness (QED) is 0.717. The van der Waals surface area contributed by atoms with Gasteiger partial charge >= 0.3 is 11.7 Å². The molecule has 2 aromatic rings. The van der Waals surface area contributed by atoms with Gasteiger partial charge < -0.3 is 4.84 Å². The van der Waals surface area contributed by atoms with Crippen LogP contribution in [-0.4, -0.2) is 37.2 Å². The molecular formula is C14H12N4O5. The molecule has 2 heterocycles. The number of imide groups is 1. The van der Waals surface area contributed by atoms with Crippen LogP contribution >= 0.6 is 0 Å². The van der Waals surface area contributed by atoms with E-state index in [0.29, 0.717) is 10.9 Å². The molecule has 0 spiro atoms. The summed E-state index contributed by atoms with van der Waals surface area (Å²) in [6, 6.07) is 6.14. The van der Waals surface area contributed by atoms with Crippen LogP contribution in [0.5, 0.6) is 0 Å². The Morgan fingerprint density at radius 3 is 2.17 bits per heavy atom. The van der Waals surface area contributed by atoms with E-state index in [-0.39, 0.29) is 11.1 Å². The van der Waals surface area contributed by atoms with E-state index in [1.54, 1.807) is 19.1 Å². The maximum Gasteiger partial charge on any atom is 0.354 e. The summed E-state index contributed by atoms with van der Waals surface area (Å²) in [5.41, 5.74) is -0.172. The van der Waals surface area contributed by atoms with Gasteiger partial charge in [0, 0.05) is 7.05 Å². The number of hydrogen-bond acceptors (Lipinski definition) is 6. The second-order valence-corrected chi connectivity index (χ2v) is 4.96. The number of aromatic nitrogens is 3. The van der Waals surface area contributed by atoms with Crippen molar-refractivity contribution in [2.75, 3.05) is 0 Å². The van der Waals surface area contributed by atoms with Crippen LogP contribution < -0.4 is 5.69 Å². The van der Waals surface area contributed by atoms with E-state index in [2.05, 4.69) is 5.10 Å². The monoisotopic (exact) mass is 316 g/mol. The first-order chi connectivity index (χ1) is 10.9. The number of rotatable bonds is 3. The molecule has 118 valence electrons. The van der Waals surface area contributed by atoms with Crippen LogP contribution in [0.4, 0.5) is 0 Å². The molecule has 0 bridgehead atoms. The second kappa shape index (κ2) is 5.20. The molecular weight excluding hydrogens is 304 g/mol. The van der Waals surface area contributed by atoms with E-state index >= 15 is 0 Å². The minimum absolute atomic E-state index is 0.163. The predicted octanol–water partition coefficient (Wildman–Crippen LogP) is -0.355. The minimum atomic E-state index is -0.945. The van der Waals surface area contributed by atoms with E-state index in [0.717, 1.165) is 4.68 Å². The fraction of sp³-hybridized carbons (Fsp3) is 0.214. The van der Waals surface area contributed by atoms with Crippen molar-refractivity contribution < 1.29 is 19.2 Å². The average Bonchev–Trinajstić information content (AvgIpc) is 2.91. The molecule has 1 aromatic carbocycles. The van der Waals surface area contributed by atoms with Gasteiger partial charge in [-0.1, -0.05) is 17.2 Å². The SMILES string of the molecule is Cc1nn(CC(=O)ON2C(=O)c3ccccc3C2=O)c(=O)n1C. The first-order valence-electron chi connectivity index (χ1n) is 6.69. The Labute approximate surface area is 129 Å². The lowest BCUT2D eigenvalue weighted by molar-refractivity contribution is -0.169. The highest BCUT2D eigenvalue weighted by molar-refractivity contribution is 6.20. The van der Waals surface area contributed by atoms with Gasteiger partial charge in [0.15, 0.2) is 0 Å². The Kier molecular flexibility index (Phi) is 3.32. The standard InChI is InChI=1S/C14H12N4O5/c1-8-15-17(14(22)16(8)2)7-11(19)23-18-12(20)9-5-3-4-6-10(9)13(18)21/h3-6H,7H2,1-2H3. The molecule has 3 rings (SSSR count). The zero-order valence-electron chi connectivity index (χ0n) is 12.3. The van der Waals surface area contributed by atoms with Crippen LogP contribution in [0, 0.1) is 6.92 Å².